The first kappa shape index (κ1) is 20.0. The van der Waals surface area contributed by atoms with Gasteiger partial charge in [-0.3, -0.25) is 4.72 Å². The number of hydrogen-bond acceptors (Lipinski definition) is 4. The van der Waals surface area contributed by atoms with Crippen molar-refractivity contribution in [2.24, 2.45) is 0 Å². The Morgan fingerprint density at radius 3 is 1.85 bits per heavy atom. The summed E-state index contributed by atoms with van der Waals surface area (Å²) in [7, 11) is -4.58. The summed E-state index contributed by atoms with van der Waals surface area (Å²) < 4.78 is 102. The van der Waals surface area contributed by atoms with E-state index in [0.717, 1.165) is 11.4 Å². The molecule has 1 heterocycles. The van der Waals surface area contributed by atoms with Gasteiger partial charge in [-0.05, 0) is 24.3 Å². The number of alkyl halides is 6. The summed E-state index contributed by atoms with van der Waals surface area (Å²) in [5, 5.41) is 9.71. The maximum atomic E-state index is 12.8. The van der Waals surface area contributed by atoms with E-state index in [-0.39, 0.29) is 18.2 Å². The predicted octanol–water partition coefficient (Wildman–Crippen LogP) is 4.28. The van der Waals surface area contributed by atoms with Crippen molar-refractivity contribution in [1.82, 2.24) is 0 Å². The van der Waals surface area contributed by atoms with E-state index in [1.807, 2.05) is 0 Å². The molecule has 0 aliphatic carbocycles. The number of hydrogen-bond donors (Lipinski definition) is 2. The molecule has 26 heavy (non-hydrogen) atoms. The fraction of sp³-hybridized carbons (Fsp3) is 0.154. The number of thiophene rings is 1. The van der Waals surface area contributed by atoms with Crippen molar-refractivity contribution in [3.63, 3.8) is 0 Å². The van der Waals surface area contributed by atoms with Gasteiger partial charge in [-0.1, -0.05) is 0 Å². The molecule has 2 rings (SSSR count). The van der Waals surface area contributed by atoms with Gasteiger partial charge >= 0.3 is 18.3 Å². The van der Waals surface area contributed by atoms with Crippen LogP contribution < -0.4 is 4.72 Å². The maximum absolute atomic E-state index is 12.8. The zero-order valence-corrected chi connectivity index (χ0v) is 13.8. The molecule has 0 aliphatic heterocycles. The maximum Gasteiger partial charge on any atom is 0.416 e. The Hall–Kier alpha value is -2.28. The van der Waals surface area contributed by atoms with Crippen molar-refractivity contribution in [2.75, 3.05) is 4.72 Å². The molecular formula is C13H7F6NO4S2. The highest BCUT2D eigenvalue weighted by Gasteiger charge is 2.37. The number of rotatable bonds is 4. The molecule has 0 saturated heterocycles. The smallest absolute Gasteiger partial charge is 0.416 e. The molecule has 0 saturated carbocycles. The number of carboxylic acids is 1. The number of sulfonamides is 1. The van der Waals surface area contributed by atoms with E-state index in [4.69, 9.17) is 5.11 Å². The molecule has 0 radical (unpaired) electrons. The summed E-state index contributed by atoms with van der Waals surface area (Å²) >= 11 is 0.448. The Kier molecular flexibility index (Phi) is 4.98. The average molecular weight is 419 g/mol. The van der Waals surface area contributed by atoms with Crippen LogP contribution >= 0.6 is 11.3 Å². The third kappa shape index (κ3) is 4.46. The van der Waals surface area contributed by atoms with Crippen molar-refractivity contribution in [3.8, 4) is 0 Å². The van der Waals surface area contributed by atoms with Crippen molar-refractivity contribution >= 4 is 33.0 Å². The van der Waals surface area contributed by atoms with Gasteiger partial charge in [-0.25, -0.2) is 13.2 Å². The van der Waals surface area contributed by atoms with Crippen molar-refractivity contribution in [3.05, 3.63) is 46.3 Å². The minimum absolute atomic E-state index is 0.147. The summed E-state index contributed by atoms with van der Waals surface area (Å²) in [6, 6.07) is 0.996. The Morgan fingerprint density at radius 1 is 0.962 bits per heavy atom. The molecule has 0 bridgehead atoms. The van der Waals surface area contributed by atoms with Gasteiger partial charge in [0.25, 0.3) is 10.0 Å². The second-order valence-corrected chi connectivity index (χ2v) is 7.68. The molecule has 0 atom stereocenters. The van der Waals surface area contributed by atoms with E-state index in [1.54, 1.807) is 4.72 Å². The lowest BCUT2D eigenvalue weighted by molar-refractivity contribution is -0.143. The van der Waals surface area contributed by atoms with Crippen LogP contribution in [0.25, 0.3) is 0 Å². The fourth-order valence-corrected chi connectivity index (χ4v) is 3.98. The number of aromatic carboxylic acids is 1. The van der Waals surface area contributed by atoms with E-state index in [1.165, 1.54) is 0 Å². The molecule has 2 aromatic rings. The van der Waals surface area contributed by atoms with Crippen molar-refractivity contribution in [1.29, 1.82) is 0 Å². The monoisotopic (exact) mass is 419 g/mol. The Bertz CT molecular complexity index is 914. The van der Waals surface area contributed by atoms with Crippen LogP contribution in [0.3, 0.4) is 0 Å². The van der Waals surface area contributed by atoms with Crippen LogP contribution in [0.2, 0.25) is 0 Å². The first-order valence-electron chi connectivity index (χ1n) is 6.34. The molecular weight excluding hydrogens is 412 g/mol. The summed E-state index contributed by atoms with van der Waals surface area (Å²) in [5.74, 6) is -1.44. The van der Waals surface area contributed by atoms with Crippen LogP contribution in [0.5, 0.6) is 0 Å². The number of carbonyl (C=O) groups is 1. The first-order valence-corrected chi connectivity index (χ1v) is 8.70. The lowest BCUT2D eigenvalue weighted by Gasteiger charge is -2.15. The van der Waals surface area contributed by atoms with Gasteiger partial charge in [0.15, 0.2) is 0 Å². The quantitative estimate of drug-likeness (QED) is 0.725. The molecule has 5 nitrogen and oxygen atoms in total. The van der Waals surface area contributed by atoms with Crippen LogP contribution in [-0.2, 0) is 22.4 Å². The largest absolute Gasteiger partial charge is 0.478 e. The number of anilines is 1. The zero-order chi connectivity index (χ0) is 19.9. The van der Waals surface area contributed by atoms with Gasteiger partial charge in [0.05, 0.1) is 22.4 Å². The van der Waals surface area contributed by atoms with E-state index in [0.29, 0.717) is 11.3 Å². The van der Waals surface area contributed by atoms with E-state index < -0.39 is 54.9 Å². The van der Waals surface area contributed by atoms with E-state index in [2.05, 4.69) is 0 Å². The Labute approximate surface area is 145 Å². The number of benzene rings is 1. The summed E-state index contributed by atoms with van der Waals surface area (Å²) in [4.78, 5) is 10.8. The minimum Gasteiger partial charge on any atom is -0.478 e. The standard InChI is InChI=1S/C13H7F6NO4S2/c14-12(15,16)7-2-8(13(17,18)19)4-9(3-7)20-26(23,24)10-1-6(5-25-10)11(21)22/h1-5,20H,(H,21,22). The van der Waals surface area contributed by atoms with Gasteiger partial charge in [-0.15, -0.1) is 11.3 Å². The number of nitrogens with one attached hydrogen (secondary N) is 1. The normalized spacial score (nSPS) is 12.8. The first-order chi connectivity index (χ1) is 11.7. The average Bonchev–Trinajstić information content (AvgIpc) is 2.95. The van der Waals surface area contributed by atoms with E-state index >= 15 is 0 Å². The molecule has 2 N–H and O–H groups in total. The minimum atomic E-state index is -5.14. The lowest BCUT2D eigenvalue weighted by Crippen LogP contribution is -2.15. The molecule has 0 spiro atoms. The summed E-state index contributed by atoms with van der Waals surface area (Å²) in [5.41, 5.74) is -4.74. The van der Waals surface area contributed by atoms with Crippen molar-refractivity contribution in [2.45, 2.75) is 16.6 Å². The van der Waals surface area contributed by atoms with Gasteiger partial charge in [0.2, 0.25) is 0 Å². The zero-order valence-electron chi connectivity index (χ0n) is 12.1. The van der Waals surface area contributed by atoms with Crippen LogP contribution in [0.1, 0.15) is 21.5 Å². The molecule has 1 aromatic heterocycles. The van der Waals surface area contributed by atoms with Crippen LogP contribution in [-0.4, -0.2) is 19.5 Å². The SMILES string of the molecule is O=C(O)c1csc(S(=O)(=O)Nc2cc(C(F)(F)F)cc(C(F)(F)F)c2)c1. The highest BCUT2D eigenvalue weighted by atomic mass is 32.2. The second-order valence-electron chi connectivity index (χ2n) is 4.86. The molecule has 0 fully saturated rings. The van der Waals surface area contributed by atoms with Gasteiger partial charge < -0.3 is 5.11 Å². The van der Waals surface area contributed by atoms with Crippen molar-refractivity contribution < 1.29 is 44.7 Å². The highest BCUT2D eigenvalue weighted by Crippen LogP contribution is 2.38. The van der Waals surface area contributed by atoms with Gasteiger partial charge in [0, 0.05) is 5.38 Å². The Morgan fingerprint density at radius 2 is 1.46 bits per heavy atom. The van der Waals surface area contributed by atoms with Crippen LogP contribution in [0, 0.1) is 0 Å². The van der Waals surface area contributed by atoms with Crippen LogP contribution in [0.4, 0.5) is 32.0 Å². The number of halogens is 6. The Balaban J connectivity index is 2.48. The second kappa shape index (κ2) is 6.46. The molecule has 0 amide bonds. The third-order valence-corrected chi connectivity index (χ3v) is 5.75. The number of carboxylic acid groups (broad SMARTS) is 1. The summed E-state index contributed by atoms with van der Waals surface area (Å²) in [6.45, 7) is 0. The highest BCUT2D eigenvalue weighted by molar-refractivity contribution is 7.94. The molecule has 0 aliphatic rings. The molecule has 0 unspecified atom stereocenters. The lowest BCUT2D eigenvalue weighted by atomic mass is 10.1. The molecule has 1 aromatic carbocycles. The van der Waals surface area contributed by atoms with Gasteiger partial charge in [-0.2, -0.15) is 26.3 Å². The third-order valence-electron chi connectivity index (χ3n) is 2.93. The topological polar surface area (TPSA) is 83.5 Å². The molecule has 13 heteroatoms. The summed E-state index contributed by atoms with van der Waals surface area (Å²) in [6.07, 6.45) is -10.3. The van der Waals surface area contributed by atoms with E-state index in [9.17, 15) is 39.6 Å². The van der Waals surface area contributed by atoms with Gasteiger partial charge in [0.1, 0.15) is 4.21 Å². The molecule has 142 valence electrons. The predicted molar refractivity (Wildman–Crippen MR) is 78.5 cm³/mol. The van der Waals surface area contributed by atoms with Crippen LogP contribution in [0.15, 0.2) is 33.9 Å². The fourth-order valence-electron chi connectivity index (χ4n) is 1.79.